The second-order valence-electron chi connectivity index (χ2n) is 3.68. The van der Waals surface area contributed by atoms with E-state index in [2.05, 4.69) is 4.98 Å². The lowest BCUT2D eigenvalue weighted by Gasteiger charge is -2.11. The van der Waals surface area contributed by atoms with Crippen LogP contribution in [0, 0.1) is 6.92 Å². The fraction of sp³-hybridized carbons (Fsp3) is 0.455. The van der Waals surface area contributed by atoms with E-state index >= 15 is 0 Å². The van der Waals surface area contributed by atoms with Crippen LogP contribution in [0.2, 0.25) is 0 Å². The molecule has 0 amide bonds. The van der Waals surface area contributed by atoms with E-state index < -0.39 is 0 Å². The van der Waals surface area contributed by atoms with Crippen molar-refractivity contribution in [3.63, 3.8) is 0 Å². The Labute approximate surface area is 89.5 Å². The van der Waals surface area contributed by atoms with Gasteiger partial charge in [-0.1, -0.05) is 0 Å². The summed E-state index contributed by atoms with van der Waals surface area (Å²) in [5.41, 5.74) is 7.53. The molecule has 4 nitrogen and oxygen atoms in total. The Balaban J connectivity index is 2.67. The minimum atomic E-state index is -0.275. The van der Waals surface area contributed by atoms with Crippen LogP contribution < -0.4 is 5.73 Å². The number of anilines is 1. The molecule has 1 rings (SSSR count). The molecule has 0 aromatic carbocycles. The van der Waals surface area contributed by atoms with Gasteiger partial charge in [0, 0.05) is 19.0 Å². The maximum atomic E-state index is 10.7. The van der Waals surface area contributed by atoms with Crippen LogP contribution in [0.15, 0.2) is 12.1 Å². The molecule has 1 heterocycles. The molecule has 0 aliphatic heterocycles. The van der Waals surface area contributed by atoms with Crippen LogP contribution in [0.25, 0.3) is 0 Å². The summed E-state index contributed by atoms with van der Waals surface area (Å²) in [7, 11) is 0. The number of nitrogens with zero attached hydrogens (tertiary/aromatic N) is 1. The molecule has 0 aliphatic rings. The maximum Gasteiger partial charge on any atom is 0.302 e. The molecule has 0 spiro atoms. The highest BCUT2D eigenvalue weighted by Crippen LogP contribution is 2.09. The van der Waals surface area contributed by atoms with Gasteiger partial charge in [-0.05, 0) is 31.5 Å². The summed E-state index contributed by atoms with van der Waals surface area (Å²) in [6.07, 6.45) is 0.419. The molecule has 0 radical (unpaired) electrons. The summed E-state index contributed by atoms with van der Waals surface area (Å²) in [6, 6.07) is 3.75. The van der Waals surface area contributed by atoms with E-state index in [1.807, 2.05) is 19.9 Å². The number of carbonyl (C=O) groups is 1. The average Bonchev–Trinajstić information content (AvgIpc) is 1.98. The Hall–Kier alpha value is -1.58. The monoisotopic (exact) mass is 208 g/mol. The number of ether oxygens (including phenoxy) is 1. The van der Waals surface area contributed by atoms with Gasteiger partial charge in [0.2, 0.25) is 0 Å². The van der Waals surface area contributed by atoms with Crippen molar-refractivity contribution >= 4 is 11.8 Å². The van der Waals surface area contributed by atoms with Gasteiger partial charge in [0.05, 0.1) is 0 Å². The van der Waals surface area contributed by atoms with E-state index in [-0.39, 0.29) is 12.1 Å². The number of pyridine rings is 1. The second-order valence-corrected chi connectivity index (χ2v) is 3.68. The quantitative estimate of drug-likeness (QED) is 0.764. The lowest BCUT2D eigenvalue weighted by molar-refractivity contribution is -0.145. The first-order chi connectivity index (χ1) is 6.97. The number of aryl methyl sites for hydroxylation is 1. The highest BCUT2D eigenvalue weighted by atomic mass is 16.5. The number of hydrogen-bond acceptors (Lipinski definition) is 4. The third-order valence-electron chi connectivity index (χ3n) is 1.91. The molecule has 0 saturated heterocycles. The van der Waals surface area contributed by atoms with Crippen LogP contribution in [0.4, 0.5) is 5.82 Å². The van der Waals surface area contributed by atoms with Crippen molar-refractivity contribution < 1.29 is 9.53 Å². The first kappa shape index (κ1) is 11.5. The van der Waals surface area contributed by atoms with Crippen LogP contribution in [0.3, 0.4) is 0 Å². The van der Waals surface area contributed by atoms with Crippen molar-refractivity contribution in [3.8, 4) is 0 Å². The lowest BCUT2D eigenvalue weighted by atomic mass is 10.1. The van der Waals surface area contributed by atoms with Gasteiger partial charge in [0.1, 0.15) is 11.9 Å². The van der Waals surface area contributed by atoms with E-state index in [1.165, 1.54) is 6.92 Å². The molecule has 15 heavy (non-hydrogen) atoms. The number of nitrogens with two attached hydrogens (primary N) is 1. The van der Waals surface area contributed by atoms with Crippen molar-refractivity contribution in [2.45, 2.75) is 33.3 Å². The number of aromatic nitrogens is 1. The van der Waals surface area contributed by atoms with Gasteiger partial charge >= 0.3 is 5.97 Å². The Morgan fingerprint density at radius 3 is 2.80 bits per heavy atom. The topological polar surface area (TPSA) is 65.2 Å². The first-order valence-electron chi connectivity index (χ1n) is 4.87. The summed E-state index contributed by atoms with van der Waals surface area (Å²) in [4.78, 5) is 14.9. The number of esters is 1. The van der Waals surface area contributed by atoms with E-state index in [4.69, 9.17) is 10.5 Å². The molecule has 1 atom stereocenters. The van der Waals surface area contributed by atoms with Crippen LogP contribution in [-0.4, -0.2) is 17.1 Å². The average molecular weight is 208 g/mol. The predicted molar refractivity (Wildman–Crippen MR) is 58.3 cm³/mol. The SMILES string of the molecule is CC(=O)OC(C)Cc1cc(C)cc(N)n1. The number of hydrogen-bond donors (Lipinski definition) is 1. The molecule has 0 aliphatic carbocycles. The molecule has 0 fully saturated rings. The Bertz CT molecular complexity index is 343. The molecule has 82 valence electrons. The van der Waals surface area contributed by atoms with Crippen LogP contribution in [0.1, 0.15) is 25.1 Å². The molecular weight excluding hydrogens is 192 g/mol. The van der Waals surface area contributed by atoms with Crippen molar-refractivity contribution in [1.82, 2.24) is 4.98 Å². The molecule has 0 bridgehead atoms. The van der Waals surface area contributed by atoms with Gasteiger partial charge in [0.25, 0.3) is 0 Å². The molecule has 1 unspecified atom stereocenters. The highest BCUT2D eigenvalue weighted by molar-refractivity contribution is 5.66. The van der Waals surface area contributed by atoms with Gasteiger partial charge in [0.15, 0.2) is 0 Å². The third-order valence-corrected chi connectivity index (χ3v) is 1.91. The van der Waals surface area contributed by atoms with Crippen LogP contribution in [-0.2, 0) is 16.0 Å². The second kappa shape index (κ2) is 4.77. The zero-order valence-corrected chi connectivity index (χ0v) is 9.28. The molecule has 1 aromatic rings. The predicted octanol–water partition coefficient (Wildman–Crippen LogP) is 1.47. The van der Waals surface area contributed by atoms with E-state index in [0.29, 0.717) is 12.2 Å². The molecule has 4 heteroatoms. The zero-order chi connectivity index (χ0) is 11.4. The van der Waals surface area contributed by atoms with Crippen molar-refractivity contribution in [3.05, 3.63) is 23.4 Å². The van der Waals surface area contributed by atoms with Crippen LogP contribution in [0.5, 0.6) is 0 Å². The Morgan fingerprint density at radius 1 is 1.60 bits per heavy atom. The largest absolute Gasteiger partial charge is 0.462 e. The fourth-order valence-corrected chi connectivity index (χ4v) is 1.49. The van der Waals surface area contributed by atoms with E-state index in [9.17, 15) is 4.79 Å². The lowest BCUT2D eigenvalue weighted by Crippen LogP contribution is -2.16. The first-order valence-corrected chi connectivity index (χ1v) is 4.87. The van der Waals surface area contributed by atoms with Gasteiger partial charge in [-0.25, -0.2) is 4.98 Å². The minimum absolute atomic E-state index is 0.170. The third kappa shape index (κ3) is 3.97. The zero-order valence-electron chi connectivity index (χ0n) is 9.28. The normalized spacial score (nSPS) is 12.2. The molecule has 1 aromatic heterocycles. The van der Waals surface area contributed by atoms with E-state index in [1.54, 1.807) is 6.07 Å². The molecule has 2 N–H and O–H groups in total. The summed E-state index contributed by atoms with van der Waals surface area (Å²) < 4.78 is 5.01. The number of rotatable bonds is 3. The Morgan fingerprint density at radius 2 is 2.27 bits per heavy atom. The molecule has 0 saturated carbocycles. The highest BCUT2D eigenvalue weighted by Gasteiger charge is 2.08. The van der Waals surface area contributed by atoms with Crippen molar-refractivity contribution in [2.24, 2.45) is 0 Å². The molecular formula is C11H16N2O2. The number of carbonyl (C=O) groups excluding carboxylic acids is 1. The van der Waals surface area contributed by atoms with Crippen molar-refractivity contribution in [1.29, 1.82) is 0 Å². The summed E-state index contributed by atoms with van der Waals surface area (Å²) >= 11 is 0. The number of nitrogen functional groups attached to an aromatic ring is 1. The van der Waals surface area contributed by atoms with Crippen molar-refractivity contribution in [2.75, 3.05) is 5.73 Å². The van der Waals surface area contributed by atoms with Gasteiger partial charge in [-0.2, -0.15) is 0 Å². The van der Waals surface area contributed by atoms with Crippen LogP contribution >= 0.6 is 0 Å². The smallest absolute Gasteiger partial charge is 0.302 e. The fourth-order valence-electron chi connectivity index (χ4n) is 1.49. The van der Waals surface area contributed by atoms with Gasteiger partial charge in [-0.3, -0.25) is 4.79 Å². The maximum absolute atomic E-state index is 10.7. The summed E-state index contributed by atoms with van der Waals surface area (Å²) in [5.74, 6) is 0.225. The Kier molecular flexibility index (Phi) is 3.66. The summed E-state index contributed by atoms with van der Waals surface area (Å²) in [5, 5.41) is 0. The summed E-state index contributed by atoms with van der Waals surface area (Å²) in [6.45, 7) is 5.19. The van der Waals surface area contributed by atoms with Gasteiger partial charge in [-0.15, -0.1) is 0 Å². The standard InChI is InChI=1S/C11H16N2O2/c1-7-4-10(13-11(12)5-7)6-8(2)15-9(3)14/h4-5,8H,6H2,1-3H3,(H2,12,13). The van der Waals surface area contributed by atoms with E-state index in [0.717, 1.165) is 11.3 Å². The van der Waals surface area contributed by atoms with Gasteiger partial charge < -0.3 is 10.5 Å². The minimum Gasteiger partial charge on any atom is -0.462 e.